The van der Waals surface area contributed by atoms with E-state index in [9.17, 15) is 5.11 Å². The molecule has 0 amide bonds. The van der Waals surface area contributed by atoms with Gasteiger partial charge in [-0.2, -0.15) is 0 Å². The van der Waals surface area contributed by atoms with E-state index in [1.54, 1.807) is 6.07 Å². The maximum absolute atomic E-state index is 9.31. The van der Waals surface area contributed by atoms with Crippen molar-refractivity contribution in [2.45, 2.75) is 13.0 Å². The molecule has 0 fully saturated rings. The summed E-state index contributed by atoms with van der Waals surface area (Å²) in [6.45, 7) is 0.491. The molecule has 0 unspecified atom stereocenters. The molecule has 0 aliphatic carbocycles. The molecule has 2 nitrogen and oxygen atoms in total. The first kappa shape index (κ1) is 16.6. The third-order valence-corrected chi connectivity index (χ3v) is 4.43. The lowest BCUT2D eigenvalue weighted by molar-refractivity contribution is 0.282. The van der Waals surface area contributed by atoms with Gasteiger partial charge in [0.1, 0.15) is 5.75 Å². The van der Waals surface area contributed by atoms with Crippen molar-refractivity contribution in [3.8, 4) is 16.9 Å². The van der Waals surface area contributed by atoms with Crippen molar-refractivity contribution < 1.29 is 9.84 Å². The highest BCUT2D eigenvalue weighted by molar-refractivity contribution is 9.09. The van der Waals surface area contributed by atoms with E-state index >= 15 is 0 Å². The quantitative estimate of drug-likeness (QED) is 0.535. The van der Waals surface area contributed by atoms with Crippen molar-refractivity contribution in [1.82, 2.24) is 0 Å². The van der Waals surface area contributed by atoms with Crippen molar-refractivity contribution in [3.63, 3.8) is 0 Å². The summed E-state index contributed by atoms with van der Waals surface area (Å²) in [6, 6.07) is 11.1. The van der Waals surface area contributed by atoms with Gasteiger partial charge in [0.05, 0.1) is 23.3 Å². The van der Waals surface area contributed by atoms with Crippen LogP contribution in [0.25, 0.3) is 11.1 Å². The van der Waals surface area contributed by atoms with Gasteiger partial charge in [0.15, 0.2) is 0 Å². The van der Waals surface area contributed by atoms with Crippen LogP contribution in [0.2, 0.25) is 10.0 Å². The maximum Gasteiger partial charge on any atom is 0.138 e. The standard InChI is InChI=1S/C16H15BrCl2O2/c17-8-3-9-21-14-7-2-6-13(16(14)19)12-5-1-4-11(10-20)15(12)18/h1-2,4-7,20H,3,8-10H2. The molecular weight excluding hydrogens is 375 g/mol. The molecule has 2 aromatic rings. The largest absolute Gasteiger partial charge is 0.492 e. The van der Waals surface area contributed by atoms with Crippen LogP contribution < -0.4 is 4.74 Å². The van der Waals surface area contributed by atoms with Crippen molar-refractivity contribution in [2.75, 3.05) is 11.9 Å². The first-order valence-electron chi connectivity index (χ1n) is 6.55. The number of halogens is 3. The van der Waals surface area contributed by atoms with Gasteiger partial charge in [-0.15, -0.1) is 0 Å². The van der Waals surface area contributed by atoms with Crippen LogP contribution in [0.4, 0.5) is 0 Å². The molecule has 0 spiro atoms. The lowest BCUT2D eigenvalue weighted by Crippen LogP contribution is -1.99. The molecule has 0 heterocycles. The Morgan fingerprint density at radius 2 is 1.67 bits per heavy atom. The number of aliphatic hydroxyl groups is 1. The van der Waals surface area contributed by atoms with E-state index < -0.39 is 0 Å². The van der Waals surface area contributed by atoms with E-state index in [1.165, 1.54) is 0 Å². The van der Waals surface area contributed by atoms with E-state index in [4.69, 9.17) is 27.9 Å². The molecule has 5 heteroatoms. The van der Waals surface area contributed by atoms with Crippen molar-refractivity contribution >= 4 is 39.1 Å². The van der Waals surface area contributed by atoms with Gasteiger partial charge >= 0.3 is 0 Å². The summed E-state index contributed by atoms with van der Waals surface area (Å²) in [5.74, 6) is 0.639. The van der Waals surface area contributed by atoms with Gasteiger partial charge in [-0.1, -0.05) is 69.5 Å². The van der Waals surface area contributed by atoms with Crippen LogP contribution in [0, 0.1) is 0 Å². The Bertz CT molecular complexity index is 617. The number of hydrogen-bond acceptors (Lipinski definition) is 2. The highest BCUT2D eigenvalue weighted by atomic mass is 79.9. The Balaban J connectivity index is 2.38. The van der Waals surface area contributed by atoms with Crippen LogP contribution in [-0.4, -0.2) is 17.0 Å². The third kappa shape index (κ3) is 3.92. The second-order valence-corrected chi connectivity index (χ2v) is 5.99. The fraction of sp³-hybridized carbons (Fsp3) is 0.250. The minimum atomic E-state index is -0.105. The van der Waals surface area contributed by atoms with Gasteiger partial charge in [0.2, 0.25) is 0 Å². The lowest BCUT2D eigenvalue weighted by Gasteiger charge is -2.13. The molecule has 0 radical (unpaired) electrons. The van der Waals surface area contributed by atoms with Crippen molar-refractivity contribution in [2.24, 2.45) is 0 Å². The zero-order valence-corrected chi connectivity index (χ0v) is 14.4. The Morgan fingerprint density at radius 1 is 1.00 bits per heavy atom. The summed E-state index contributed by atoms with van der Waals surface area (Å²) in [4.78, 5) is 0. The topological polar surface area (TPSA) is 29.5 Å². The number of rotatable bonds is 6. The molecule has 2 rings (SSSR count). The van der Waals surface area contributed by atoms with E-state index in [0.29, 0.717) is 28.0 Å². The van der Waals surface area contributed by atoms with E-state index in [-0.39, 0.29) is 6.61 Å². The Kier molecular flexibility index (Phi) is 6.37. The molecule has 2 aromatic carbocycles. The van der Waals surface area contributed by atoms with Crippen LogP contribution in [0.15, 0.2) is 36.4 Å². The molecule has 0 aromatic heterocycles. The molecule has 112 valence electrons. The van der Waals surface area contributed by atoms with Gasteiger partial charge in [-0.25, -0.2) is 0 Å². The summed E-state index contributed by atoms with van der Waals surface area (Å²) in [6.07, 6.45) is 0.904. The van der Waals surface area contributed by atoms with Crippen LogP contribution in [0.1, 0.15) is 12.0 Å². The third-order valence-electron chi connectivity index (χ3n) is 3.04. The molecule has 0 saturated heterocycles. The molecule has 0 bridgehead atoms. The zero-order chi connectivity index (χ0) is 15.2. The molecule has 0 atom stereocenters. The molecule has 21 heavy (non-hydrogen) atoms. The molecule has 0 aliphatic rings. The first-order chi connectivity index (χ1) is 10.2. The number of alkyl halides is 1. The predicted octanol–water partition coefficient (Wildman–Crippen LogP) is 5.32. The maximum atomic E-state index is 9.31. The number of aliphatic hydroxyl groups excluding tert-OH is 1. The van der Waals surface area contributed by atoms with Crippen LogP contribution >= 0.6 is 39.1 Å². The Morgan fingerprint density at radius 3 is 2.33 bits per heavy atom. The van der Waals surface area contributed by atoms with Crippen LogP contribution in [0.3, 0.4) is 0 Å². The first-order valence-corrected chi connectivity index (χ1v) is 8.42. The summed E-state index contributed by atoms with van der Waals surface area (Å²) in [5, 5.41) is 11.2. The molecule has 1 N–H and O–H groups in total. The van der Waals surface area contributed by atoms with Gasteiger partial charge in [-0.05, 0) is 18.1 Å². The fourth-order valence-electron chi connectivity index (χ4n) is 1.98. The number of benzene rings is 2. The summed E-state index contributed by atoms with van der Waals surface area (Å²) in [7, 11) is 0. The second-order valence-electron chi connectivity index (χ2n) is 4.45. The zero-order valence-electron chi connectivity index (χ0n) is 11.3. The molecule has 0 saturated carbocycles. The minimum absolute atomic E-state index is 0.105. The highest BCUT2D eigenvalue weighted by Gasteiger charge is 2.13. The highest BCUT2D eigenvalue weighted by Crippen LogP contribution is 2.39. The molecule has 0 aliphatic heterocycles. The monoisotopic (exact) mass is 388 g/mol. The fourth-order valence-corrected chi connectivity index (χ4v) is 2.78. The minimum Gasteiger partial charge on any atom is -0.492 e. The van der Waals surface area contributed by atoms with Crippen molar-refractivity contribution in [3.05, 3.63) is 52.0 Å². The summed E-state index contributed by atoms with van der Waals surface area (Å²) in [5.41, 5.74) is 2.27. The van der Waals surface area contributed by atoms with Gasteiger partial charge in [0.25, 0.3) is 0 Å². The average Bonchev–Trinajstić information content (AvgIpc) is 2.50. The molecular formula is C16H15BrCl2O2. The Hall–Kier alpha value is -0.740. The Labute approximate surface area is 142 Å². The van der Waals surface area contributed by atoms with Gasteiger partial charge < -0.3 is 9.84 Å². The normalized spacial score (nSPS) is 10.7. The van der Waals surface area contributed by atoms with E-state index in [1.807, 2.05) is 30.3 Å². The van der Waals surface area contributed by atoms with E-state index in [0.717, 1.165) is 22.9 Å². The van der Waals surface area contributed by atoms with Gasteiger partial charge in [0, 0.05) is 16.5 Å². The SMILES string of the molecule is OCc1cccc(-c2cccc(OCCCBr)c2Cl)c1Cl. The number of ether oxygens (including phenoxy) is 1. The number of hydrogen-bond donors (Lipinski definition) is 1. The lowest BCUT2D eigenvalue weighted by atomic mass is 10.0. The van der Waals surface area contributed by atoms with Gasteiger partial charge in [-0.3, -0.25) is 0 Å². The van der Waals surface area contributed by atoms with Crippen LogP contribution in [0.5, 0.6) is 5.75 Å². The van der Waals surface area contributed by atoms with E-state index in [2.05, 4.69) is 15.9 Å². The average molecular weight is 390 g/mol. The van der Waals surface area contributed by atoms with Crippen molar-refractivity contribution in [1.29, 1.82) is 0 Å². The predicted molar refractivity (Wildman–Crippen MR) is 91.7 cm³/mol. The second kappa shape index (κ2) is 8.04. The smallest absolute Gasteiger partial charge is 0.138 e. The van der Waals surface area contributed by atoms with Crippen LogP contribution in [-0.2, 0) is 6.61 Å². The summed E-state index contributed by atoms with van der Waals surface area (Å²) < 4.78 is 5.68. The summed E-state index contributed by atoms with van der Waals surface area (Å²) >= 11 is 16.1.